The van der Waals surface area contributed by atoms with Crippen LogP contribution in [-0.4, -0.2) is 12.7 Å². The summed E-state index contributed by atoms with van der Waals surface area (Å²) in [6.45, 7) is -0.562. The third-order valence-corrected chi connectivity index (χ3v) is 2.80. The van der Waals surface area contributed by atoms with Crippen LogP contribution in [0.25, 0.3) is 0 Å². The zero-order valence-corrected chi connectivity index (χ0v) is 9.12. The van der Waals surface area contributed by atoms with Crippen molar-refractivity contribution in [3.8, 4) is 5.75 Å². The fourth-order valence-corrected chi connectivity index (χ4v) is 2.02. The Balaban J connectivity index is 1.93. The summed E-state index contributed by atoms with van der Waals surface area (Å²) in [6.07, 6.45) is 2.28. The fraction of sp³-hybridized carbons (Fsp3) is 0.500. The summed E-state index contributed by atoms with van der Waals surface area (Å²) >= 11 is 0. The van der Waals surface area contributed by atoms with E-state index in [1.807, 2.05) is 6.07 Å². The van der Waals surface area contributed by atoms with Gasteiger partial charge in [0.15, 0.2) is 0 Å². The van der Waals surface area contributed by atoms with Crippen LogP contribution in [0.2, 0.25) is 0 Å². The summed E-state index contributed by atoms with van der Waals surface area (Å²) in [4.78, 5) is 0. The van der Waals surface area contributed by atoms with Crippen LogP contribution < -0.4 is 10.1 Å². The van der Waals surface area contributed by atoms with Crippen LogP contribution >= 0.6 is 0 Å². The van der Waals surface area contributed by atoms with E-state index < -0.39 is 6.61 Å². The van der Waals surface area contributed by atoms with Gasteiger partial charge in [-0.05, 0) is 30.9 Å². The van der Waals surface area contributed by atoms with Gasteiger partial charge < -0.3 is 10.1 Å². The van der Waals surface area contributed by atoms with Crippen molar-refractivity contribution in [2.24, 2.45) is 5.92 Å². The first kappa shape index (κ1) is 11.2. The minimum atomic E-state index is -2.76. The van der Waals surface area contributed by atoms with E-state index in [4.69, 9.17) is 0 Å². The van der Waals surface area contributed by atoms with Crippen LogP contribution in [-0.2, 0) is 0 Å². The Morgan fingerprint density at radius 2 is 2.12 bits per heavy atom. The van der Waals surface area contributed by atoms with Crippen molar-refractivity contribution >= 4 is 5.69 Å². The summed E-state index contributed by atoms with van der Waals surface area (Å²) in [6, 6.07) is 7.18. The van der Waals surface area contributed by atoms with Gasteiger partial charge in [-0.2, -0.15) is 8.78 Å². The van der Waals surface area contributed by atoms with Crippen LogP contribution in [0.5, 0.6) is 5.75 Å². The third kappa shape index (κ3) is 2.84. The van der Waals surface area contributed by atoms with Crippen molar-refractivity contribution in [3.05, 3.63) is 24.3 Å². The first-order chi connectivity index (χ1) is 7.63. The monoisotopic (exact) mass is 227 g/mol. The lowest BCUT2D eigenvalue weighted by Crippen LogP contribution is -2.33. The average molecular weight is 227 g/mol. The first-order valence-corrected chi connectivity index (χ1v) is 5.45. The Hall–Kier alpha value is -1.32. The number of rotatable bonds is 4. The molecule has 88 valence electrons. The molecule has 0 heterocycles. The number of hydrogen-bond acceptors (Lipinski definition) is 2. The number of nitrogens with one attached hydrogen (secondary N) is 1. The molecule has 1 fully saturated rings. The maximum Gasteiger partial charge on any atom is 0.387 e. The molecule has 0 unspecified atom stereocenters. The number of hydrogen-bond donors (Lipinski definition) is 1. The van der Waals surface area contributed by atoms with Gasteiger partial charge in [-0.15, -0.1) is 0 Å². The number of benzene rings is 1. The zero-order valence-electron chi connectivity index (χ0n) is 9.12. The molecule has 0 aliphatic heterocycles. The van der Waals surface area contributed by atoms with E-state index in [1.54, 1.807) is 12.1 Å². The smallest absolute Gasteiger partial charge is 0.387 e. The predicted octanol–water partition coefficient (Wildman–Crippen LogP) is 3.50. The molecule has 1 saturated carbocycles. The molecule has 2 nitrogen and oxygen atoms in total. The maximum atomic E-state index is 12.0. The summed E-state index contributed by atoms with van der Waals surface area (Å²) in [5.74, 6) is 0.963. The number of anilines is 1. The highest BCUT2D eigenvalue weighted by Crippen LogP contribution is 2.30. The molecule has 1 aliphatic rings. The van der Waals surface area contributed by atoms with Crippen LogP contribution in [0.4, 0.5) is 14.5 Å². The molecule has 0 radical (unpaired) electrons. The molecule has 1 N–H and O–H groups in total. The fourth-order valence-electron chi connectivity index (χ4n) is 2.02. The van der Waals surface area contributed by atoms with E-state index in [1.165, 1.54) is 6.07 Å². The standard InChI is InChI=1S/C12H15F2NO/c1-8-5-10(6-8)15-9-3-2-4-11(7-9)16-12(13)14/h2-4,7-8,10,12,15H,5-6H2,1H3. The van der Waals surface area contributed by atoms with Crippen LogP contribution in [0.3, 0.4) is 0 Å². The van der Waals surface area contributed by atoms with Gasteiger partial charge >= 0.3 is 6.61 Å². The number of halogens is 2. The van der Waals surface area contributed by atoms with E-state index in [0.29, 0.717) is 6.04 Å². The largest absolute Gasteiger partial charge is 0.435 e. The minimum absolute atomic E-state index is 0.201. The molecule has 1 aromatic rings. The summed E-state index contributed by atoms with van der Waals surface area (Å²) in [5.41, 5.74) is 0.843. The molecule has 4 heteroatoms. The molecule has 2 rings (SSSR count). The molecule has 0 bridgehead atoms. The lowest BCUT2D eigenvalue weighted by atomic mass is 9.82. The summed E-state index contributed by atoms with van der Waals surface area (Å²) in [7, 11) is 0. The van der Waals surface area contributed by atoms with E-state index in [9.17, 15) is 8.78 Å². The topological polar surface area (TPSA) is 21.3 Å². The zero-order chi connectivity index (χ0) is 11.5. The summed E-state index contributed by atoms with van der Waals surface area (Å²) < 4.78 is 28.3. The highest BCUT2D eigenvalue weighted by Gasteiger charge is 2.24. The van der Waals surface area contributed by atoms with Crippen LogP contribution in [0.15, 0.2) is 24.3 Å². The predicted molar refractivity (Wildman–Crippen MR) is 58.9 cm³/mol. The molecule has 0 aromatic heterocycles. The van der Waals surface area contributed by atoms with Gasteiger partial charge in [-0.1, -0.05) is 13.0 Å². The molecular formula is C12H15F2NO. The molecule has 0 spiro atoms. The van der Waals surface area contributed by atoms with Crippen molar-refractivity contribution in [3.63, 3.8) is 0 Å². The Morgan fingerprint density at radius 3 is 2.75 bits per heavy atom. The van der Waals surface area contributed by atoms with Gasteiger partial charge in [0, 0.05) is 17.8 Å². The van der Waals surface area contributed by atoms with Gasteiger partial charge in [0.1, 0.15) is 5.75 Å². The van der Waals surface area contributed by atoms with Gasteiger partial charge in [0.2, 0.25) is 0 Å². The second-order valence-electron chi connectivity index (χ2n) is 4.32. The van der Waals surface area contributed by atoms with Gasteiger partial charge in [0.05, 0.1) is 0 Å². The second-order valence-corrected chi connectivity index (χ2v) is 4.32. The van der Waals surface area contributed by atoms with Crippen molar-refractivity contribution in [1.29, 1.82) is 0 Å². The van der Waals surface area contributed by atoms with Crippen LogP contribution in [0.1, 0.15) is 19.8 Å². The molecule has 0 amide bonds. The molecule has 1 aliphatic carbocycles. The Labute approximate surface area is 93.6 Å². The van der Waals surface area contributed by atoms with E-state index in [-0.39, 0.29) is 5.75 Å². The average Bonchev–Trinajstić information content (AvgIpc) is 2.15. The second kappa shape index (κ2) is 4.68. The molecule has 16 heavy (non-hydrogen) atoms. The van der Waals surface area contributed by atoms with Crippen molar-refractivity contribution < 1.29 is 13.5 Å². The Morgan fingerprint density at radius 1 is 1.38 bits per heavy atom. The maximum absolute atomic E-state index is 12.0. The number of ether oxygens (including phenoxy) is 1. The Kier molecular flexibility index (Phi) is 3.27. The molecule has 0 saturated heterocycles. The molecular weight excluding hydrogens is 212 g/mol. The normalized spacial score (nSPS) is 24.0. The highest BCUT2D eigenvalue weighted by atomic mass is 19.3. The van der Waals surface area contributed by atoms with Gasteiger partial charge in [-0.3, -0.25) is 0 Å². The SMILES string of the molecule is CC1CC(Nc2cccc(OC(F)F)c2)C1. The van der Waals surface area contributed by atoms with E-state index in [2.05, 4.69) is 17.0 Å². The van der Waals surface area contributed by atoms with Crippen molar-refractivity contribution in [2.75, 3.05) is 5.32 Å². The summed E-state index contributed by atoms with van der Waals surface area (Å²) in [5, 5.41) is 3.30. The van der Waals surface area contributed by atoms with E-state index >= 15 is 0 Å². The van der Waals surface area contributed by atoms with E-state index in [0.717, 1.165) is 24.4 Å². The lowest BCUT2D eigenvalue weighted by molar-refractivity contribution is -0.0498. The van der Waals surface area contributed by atoms with Crippen LogP contribution in [0, 0.1) is 5.92 Å². The number of alkyl halides is 2. The van der Waals surface area contributed by atoms with Crippen molar-refractivity contribution in [2.45, 2.75) is 32.4 Å². The first-order valence-electron chi connectivity index (χ1n) is 5.45. The van der Waals surface area contributed by atoms with Gasteiger partial charge in [0.25, 0.3) is 0 Å². The highest BCUT2D eigenvalue weighted by molar-refractivity contribution is 5.49. The van der Waals surface area contributed by atoms with Crippen molar-refractivity contribution in [1.82, 2.24) is 0 Å². The molecule has 1 aromatic carbocycles. The lowest BCUT2D eigenvalue weighted by Gasteiger charge is -2.34. The quantitative estimate of drug-likeness (QED) is 0.850. The minimum Gasteiger partial charge on any atom is -0.435 e. The Bertz CT molecular complexity index is 351. The molecule has 0 atom stereocenters. The third-order valence-electron chi connectivity index (χ3n) is 2.80. The van der Waals surface area contributed by atoms with Gasteiger partial charge in [-0.25, -0.2) is 0 Å².